The second-order valence-corrected chi connectivity index (χ2v) is 5.32. The van der Waals surface area contributed by atoms with Gasteiger partial charge in [-0.25, -0.2) is 8.78 Å². The van der Waals surface area contributed by atoms with Gasteiger partial charge in [-0.1, -0.05) is 13.0 Å². The fraction of sp³-hybridized carbons (Fsp3) is 0.571. The molecule has 1 aromatic carbocycles. The van der Waals surface area contributed by atoms with Crippen LogP contribution in [0.25, 0.3) is 0 Å². The fourth-order valence-corrected chi connectivity index (χ4v) is 1.71. The van der Waals surface area contributed by atoms with E-state index in [2.05, 4.69) is 25.7 Å². The predicted octanol–water partition coefficient (Wildman–Crippen LogP) is 3.09. The van der Waals surface area contributed by atoms with Gasteiger partial charge < -0.3 is 5.73 Å². The van der Waals surface area contributed by atoms with Crippen LogP contribution in [0.4, 0.5) is 8.78 Å². The van der Waals surface area contributed by atoms with Crippen molar-refractivity contribution in [3.05, 3.63) is 35.4 Å². The van der Waals surface area contributed by atoms with E-state index in [4.69, 9.17) is 5.73 Å². The number of hydrogen-bond donors (Lipinski definition) is 1. The second-order valence-electron chi connectivity index (χ2n) is 5.32. The summed E-state index contributed by atoms with van der Waals surface area (Å²) in [6.45, 7) is 6.85. The number of halogens is 2. The van der Waals surface area contributed by atoms with Crippen LogP contribution in [0.5, 0.6) is 0 Å². The Morgan fingerprint density at radius 3 is 2.44 bits per heavy atom. The highest BCUT2D eigenvalue weighted by Gasteiger charge is 2.24. The van der Waals surface area contributed by atoms with Gasteiger partial charge in [0.15, 0.2) is 0 Å². The van der Waals surface area contributed by atoms with Gasteiger partial charge >= 0.3 is 0 Å². The van der Waals surface area contributed by atoms with Crippen LogP contribution in [-0.4, -0.2) is 24.0 Å². The number of nitrogens with zero attached hydrogens (tertiary/aromatic N) is 1. The molecule has 1 unspecified atom stereocenters. The van der Waals surface area contributed by atoms with Crippen LogP contribution in [0.3, 0.4) is 0 Å². The third-order valence-electron chi connectivity index (χ3n) is 3.73. The van der Waals surface area contributed by atoms with Crippen molar-refractivity contribution in [2.75, 3.05) is 13.6 Å². The minimum Gasteiger partial charge on any atom is -0.323 e. The van der Waals surface area contributed by atoms with E-state index in [0.717, 1.165) is 12.5 Å². The largest absolute Gasteiger partial charge is 0.323 e. The zero-order valence-corrected chi connectivity index (χ0v) is 11.5. The van der Waals surface area contributed by atoms with Gasteiger partial charge in [0.1, 0.15) is 11.6 Å². The van der Waals surface area contributed by atoms with Crippen LogP contribution in [0.2, 0.25) is 0 Å². The molecule has 0 aliphatic heterocycles. The molecule has 0 aromatic heterocycles. The van der Waals surface area contributed by atoms with Crippen LogP contribution in [0, 0.1) is 11.6 Å². The third kappa shape index (κ3) is 3.50. The van der Waals surface area contributed by atoms with Gasteiger partial charge in [0.2, 0.25) is 0 Å². The van der Waals surface area contributed by atoms with Crippen molar-refractivity contribution in [1.29, 1.82) is 0 Å². The quantitative estimate of drug-likeness (QED) is 0.877. The van der Waals surface area contributed by atoms with Crippen molar-refractivity contribution in [3.63, 3.8) is 0 Å². The van der Waals surface area contributed by atoms with E-state index in [-0.39, 0.29) is 5.54 Å². The second kappa shape index (κ2) is 5.76. The maximum atomic E-state index is 13.6. The summed E-state index contributed by atoms with van der Waals surface area (Å²) in [5, 5.41) is 0. The number of rotatable bonds is 5. The molecular weight excluding hydrogens is 234 g/mol. The van der Waals surface area contributed by atoms with Crippen LogP contribution in [-0.2, 0) is 0 Å². The van der Waals surface area contributed by atoms with Crippen molar-refractivity contribution in [2.45, 2.75) is 38.8 Å². The molecule has 0 aliphatic carbocycles. The van der Waals surface area contributed by atoms with Crippen LogP contribution >= 0.6 is 0 Å². The molecule has 1 atom stereocenters. The summed E-state index contributed by atoms with van der Waals surface area (Å²) >= 11 is 0. The van der Waals surface area contributed by atoms with Gasteiger partial charge in [0.25, 0.3) is 0 Å². The minimum absolute atomic E-state index is 0.00806. The summed E-state index contributed by atoms with van der Waals surface area (Å²) in [7, 11) is 1.96. The number of nitrogens with two attached hydrogens (primary N) is 1. The molecular formula is C14H22F2N2. The van der Waals surface area contributed by atoms with Crippen molar-refractivity contribution >= 4 is 0 Å². The summed E-state index contributed by atoms with van der Waals surface area (Å²) in [6, 6.07) is 3.08. The highest BCUT2D eigenvalue weighted by atomic mass is 19.1. The molecule has 0 aliphatic rings. The van der Waals surface area contributed by atoms with E-state index in [1.54, 1.807) is 0 Å². The van der Waals surface area contributed by atoms with Crippen LogP contribution < -0.4 is 5.73 Å². The molecule has 1 rings (SSSR count). The third-order valence-corrected chi connectivity index (χ3v) is 3.73. The lowest BCUT2D eigenvalue weighted by molar-refractivity contribution is 0.142. The van der Waals surface area contributed by atoms with Crippen molar-refractivity contribution in [1.82, 2.24) is 4.90 Å². The number of benzene rings is 1. The van der Waals surface area contributed by atoms with Gasteiger partial charge in [0.05, 0.1) is 0 Å². The predicted molar refractivity (Wildman–Crippen MR) is 70.3 cm³/mol. The summed E-state index contributed by atoms with van der Waals surface area (Å²) in [4.78, 5) is 2.10. The number of hydrogen-bond acceptors (Lipinski definition) is 2. The Balaban J connectivity index is 2.79. The molecule has 2 nitrogen and oxygen atoms in total. The maximum Gasteiger partial charge on any atom is 0.130 e. The highest BCUT2D eigenvalue weighted by molar-refractivity contribution is 5.22. The van der Waals surface area contributed by atoms with Crippen molar-refractivity contribution in [3.8, 4) is 0 Å². The average Bonchev–Trinajstić information content (AvgIpc) is 2.28. The van der Waals surface area contributed by atoms with Gasteiger partial charge in [-0.05, 0) is 33.4 Å². The Bertz CT molecular complexity index is 405. The van der Waals surface area contributed by atoms with E-state index in [0.29, 0.717) is 12.1 Å². The zero-order chi connectivity index (χ0) is 13.9. The molecule has 0 fully saturated rings. The first-order valence-corrected chi connectivity index (χ1v) is 6.19. The maximum absolute atomic E-state index is 13.6. The van der Waals surface area contributed by atoms with E-state index in [1.165, 1.54) is 12.1 Å². The van der Waals surface area contributed by atoms with E-state index in [1.807, 2.05) is 7.05 Å². The molecule has 0 saturated heterocycles. The minimum atomic E-state index is -0.579. The van der Waals surface area contributed by atoms with Gasteiger partial charge in [-0.3, -0.25) is 4.90 Å². The zero-order valence-electron chi connectivity index (χ0n) is 11.5. The smallest absolute Gasteiger partial charge is 0.130 e. The molecule has 0 heterocycles. The first-order valence-electron chi connectivity index (χ1n) is 6.19. The molecule has 18 heavy (non-hydrogen) atoms. The molecule has 0 radical (unpaired) electrons. The normalized spacial score (nSPS) is 14.0. The van der Waals surface area contributed by atoms with Gasteiger partial charge in [0, 0.05) is 29.8 Å². The first kappa shape index (κ1) is 15.1. The van der Waals surface area contributed by atoms with E-state index < -0.39 is 17.7 Å². The van der Waals surface area contributed by atoms with E-state index in [9.17, 15) is 8.78 Å². The Labute approximate surface area is 108 Å². The SMILES string of the molecule is CCC(C)(C)N(C)CC(N)c1ccc(F)cc1F. The van der Waals surface area contributed by atoms with Gasteiger partial charge in [-0.15, -0.1) is 0 Å². The molecule has 0 spiro atoms. The lowest BCUT2D eigenvalue weighted by atomic mass is 9.98. The van der Waals surface area contributed by atoms with Crippen LogP contribution in [0.15, 0.2) is 18.2 Å². The highest BCUT2D eigenvalue weighted by Crippen LogP contribution is 2.22. The summed E-state index contributed by atoms with van der Waals surface area (Å²) in [6.07, 6.45) is 0.974. The topological polar surface area (TPSA) is 29.3 Å². The molecule has 1 aromatic rings. The summed E-state index contributed by atoms with van der Waals surface area (Å²) in [5.41, 5.74) is 6.36. The average molecular weight is 256 g/mol. The summed E-state index contributed by atoms with van der Waals surface area (Å²) in [5.74, 6) is -1.16. The Hall–Kier alpha value is -1.00. The molecule has 0 amide bonds. The Morgan fingerprint density at radius 1 is 1.33 bits per heavy atom. The molecule has 2 N–H and O–H groups in total. The van der Waals surface area contributed by atoms with Crippen molar-refractivity contribution < 1.29 is 8.78 Å². The van der Waals surface area contributed by atoms with Crippen molar-refractivity contribution in [2.24, 2.45) is 5.73 Å². The lowest BCUT2D eigenvalue weighted by Crippen LogP contribution is -2.44. The Morgan fingerprint density at radius 2 is 1.94 bits per heavy atom. The molecule has 4 heteroatoms. The summed E-state index contributed by atoms with van der Waals surface area (Å²) < 4.78 is 26.4. The standard InChI is InChI=1S/C14H22F2N2/c1-5-14(2,3)18(4)9-13(17)11-7-6-10(15)8-12(11)16/h6-8,13H,5,9,17H2,1-4H3. The lowest BCUT2D eigenvalue weighted by Gasteiger charge is -2.36. The van der Waals surface area contributed by atoms with E-state index >= 15 is 0 Å². The van der Waals surface area contributed by atoms with Crippen LogP contribution in [0.1, 0.15) is 38.8 Å². The monoisotopic (exact) mass is 256 g/mol. The number of likely N-dealkylation sites (N-methyl/N-ethyl adjacent to an activating group) is 1. The molecule has 102 valence electrons. The fourth-order valence-electron chi connectivity index (χ4n) is 1.71. The Kier molecular flexibility index (Phi) is 4.82. The molecule has 0 saturated carbocycles. The van der Waals surface area contributed by atoms with Gasteiger partial charge in [-0.2, -0.15) is 0 Å². The first-order chi connectivity index (χ1) is 8.27. The molecule has 0 bridgehead atoms.